The van der Waals surface area contributed by atoms with Crippen LogP contribution in [0, 0.1) is 0 Å². The molecule has 0 aliphatic heterocycles. The lowest BCUT2D eigenvalue weighted by atomic mass is 10.3. The second-order valence-electron chi connectivity index (χ2n) is 4.97. The van der Waals surface area contributed by atoms with E-state index in [9.17, 15) is 13.2 Å². The summed E-state index contributed by atoms with van der Waals surface area (Å²) < 4.78 is 26.0. The molecule has 0 spiro atoms. The standard InChI is InChI=1S/C16H13ClN4O3S/c17-13-8-4-5-9-15(13)25(23,24)20-19-16(22)14-10-18-11-21(14)12-6-2-1-3-7-12/h1-11,20H,(H,19,22). The number of amides is 1. The smallest absolute Gasteiger partial charge is 0.284 e. The van der Waals surface area contributed by atoms with Crippen LogP contribution in [0.2, 0.25) is 5.02 Å². The number of hydrogen-bond donors (Lipinski definition) is 2. The summed E-state index contributed by atoms with van der Waals surface area (Å²) in [5, 5.41) is 0.0542. The molecule has 3 rings (SSSR count). The molecule has 0 radical (unpaired) electrons. The molecule has 1 amide bonds. The molecule has 0 atom stereocenters. The molecule has 0 saturated carbocycles. The SMILES string of the molecule is O=C(NNS(=O)(=O)c1ccccc1Cl)c1cncn1-c1ccccc1. The molecule has 9 heteroatoms. The summed E-state index contributed by atoms with van der Waals surface area (Å²) in [5.41, 5.74) is 3.06. The van der Waals surface area contributed by atoms with E-state index in [1.807, 2.05) is 23.0 Å². The minimum absolute atomic E-state index is 0.0542. The van der Waals surface area contributed by atoms with Gasteiger partial charge in [-0.05, 0) is 24.3 Å². The maximum Gasteiger partial charge on any atom is 0.284 e. The van der Waals surface area contributed by atoms with Gasteiger partial charge in [-0.1, -0.05) is 41.9 Å². The number of rotatable bonds is 5. The quantitative estimate of drug-likeness (QED) is 0.667. The maximum atomic E-state index is 12.3. The number of nitrogens with zero attached hydrogens (tertiary/aromatic N) is 2. The van der Waals surface area contributed by atoms with Crippen molar-refractivity contribution in [1.29, 1.82) is 0 Å². The second-order valence-corrected chi connectivity index (χ2v) is 7.03. The van der Waals surface area contributed by atoms with Gasteiger partial charge in [0.05, 0.1) is 17.5 Å². The van der Waals surface area contributed by atoms with Crippen LogP contribution < -0.4 is 10.3 Å². The molecule has 25 heavy (non-hydrogen) atoms. The van der Waals surface area contributed by atoms with Gasteiger partial charge in [0.2, 0.25) is 0 Å². The van der Waals surface area contributed by atoms with Crippen LogP contribution in [-0.4, -0.2) is 23.9 Å². The van der Waals surface area contributed by atoms with Gasteiger partial charge in [-0.2, -0.15) is 0 Å². The molecule has 7 nitrogen and oxygen atoms in total. The third kappa shape index (κ3) is 3.71. The van der Waals surface area contributed by atoms with E-state index in [-0.39, 0.29) is 15.6 Å². The Morgan fingerprint density at radius 1 is 1.04 bits per heavy atom. The van der Waals surface area contributed by atoms with E-state index in [1.54, 1.807) is 22.8 Å². The van der Waals surface area contributed by atoms with Gasteiger partial charge in [0.15, 0.2) is 0 Å². The van der Waals surface area contributed by atoms with E-state index < -0.39 is 15.9 Å². The summed E-state index contributed by atoms with van der Waals surface area (Å²) in [6, 6.07) is 15.0. The molecule has 2 N–H and O–H groups in total. The van der Waals surface area contributed by atoms with Gasteiger partial charge >= 0.3 is 0 Å². The number of carbonyl (C=O) groups is 1. The van der Waals surface area contributed by atoms with Crippen LogP contribution in [0.5, 0.6) is 0 Å². The molecule has 1 aromatic heterocycles. The van der Waals surface area contributed by atoms with E-state index in [1.165, 1.54) is 30.7 Å². The minimum atomic E-state index is -4.00. The topological polar surface area (TPSA) is 93.1 Å². The maximum absolute atomic E-state index is 12.3. The number of halogens is 1. The van der Waals surface area contributed by atoms with Crippen LogP contribution in [-0.2, 0) is 10.0 Å². The first kappa shape index (κ1) is 17.2. The molecule has 0 unspecified atom stereocenters. The first-order chi connectivity index (χ1) is 12.0. The zero-order valence-electron chi connectivity index (χ0n) is 12.8. The predicted octanol–water partition coefficient (Wildman–Crippen LogP) is 2.15. The fourth-order valence-corrected chi connectivity index (χ4v) is 3.51. The van der Waals surface area contributed by atoms with Crippen molar-refractivity contribution in [3.05, 3.63) is 77.8 Å². The molecule has 0 aliphatic carbocycles. The number of aromatic nitrogens is 2. The Morgan fingerprint density at radius 2 is 1.72 bits per heavy atom. The Bertz CT molecular complexity index is 1000. The van der Waals surface area contributed by atoms with E-state index in [2.05, 4.69) is 10.4 Å². The Kier molecular flexibility index (Phi) is 4.84. The molecular weight excluding hydrogens is 364 g/mol. The normalized spacial score (nSPS) is 11.2. The Labute approximate surface area is 149 Å². The van der Waals surface area contributed by atoms with Gasteiger partial charge < -0.3 is 0 Å². The largest absolute Gasteiger partial charge is 0.295 e. The lowest BCUT2D eigenvalue weighted by Gasteiger charge is -2.11. The summed E-state index contributed by atoms with van der Waals surface area (Å²) in [6.45, 7) is 0. The molecule has 0 bridgehead atoms. The van der Waals surface area contributed by atoms with Crippen molar-refractivity contribution in [3.8, 4) is 5.69 Å². The van der Waals surface area contributed by atoms with Crippen LogP contribution in [0.1, 0.15) is 10.5 Å². The average molecular weight is 377 g/mol. The summed E-state index contributed by atoms with van der Waals surface area (Å²) in [4.78, 5) is 18.2. The predicted molar refractivity (Wildman–Crippen MR) is 92.8 cm³/mol. The number of sulfonamides is 1. The van der Waals surface area contributed by atoms with Crippen LogP contribution in [0.25, 0.3) is 5.69 Å². The third-order valence-corrected chi connectivity index (χ3v) is 5.08. The monoisotopic (exact) mass is 376 g/mol. The number of hydrogen-bond acceptors (Lipinski definition) is 4. The van der Waals surface area contributed by atoms with E-state index in [4.69, 9.17) is 11.6 Å². The van der Waals surface area contributed by atoms with E-state index in [0.29, 0.717) is 0 Å². The highest BCUT2D eigenvalue weighted by atomic mass is 35.5. The van der Waals surface area contributed by atoms with Crippen LogP contribution in [0.3, 0.4) is 0 Å². The van der Waals surface area contributed by atoms with Crippen molar-refractivity contribution >= 4 is 27.5 Å². The van der Waals surface area contributed by atoms with Crippen LogP contribution in [0.4, 0.5) is 0 Å². The molecule has 0 aliphatic rings. The lowest BCUT2D eigenvalue weighted by molar-refractivity contribution is 0.0938. The minimum Gasteiger partial charge on any atom is -0.295 e. The highest BCUT2D eigenvalue weighted by molar-refractivity contribution is 7.89. The van der Waals surface area contributed by atoms with Gasteiger partial charge in [-0.3, -0.25) is 14.8 Å². The van der Waals surface area contributed by atoms with Gasteiger partial charge in [0.25, 0.3) is 15.9 Å². The number of imidazole rings is 1. The highest BCUT2D eigenvalue weighted by Gasteiger charge is 2.20. The second kappa shape index (κ2) is 7.06. The summed E-state index contributed by atoms with van der Waals surface area (Å²) in [7, 11) is -4.00. The third-order valence-electron chi connectivity index (χ3n) is 3.33. The van der Waals surface area contributed by atoms with Crippen molar-refractivity contribution in [2.24, 2.45) is 0 Å². The number of hydrazine groups is 1. The highest BCUT2D eigenvalue weighted by Crippen LogP contribution is 2.19. The molecule has 128 valence electrons. The Hall–Kier alpha value is -2.68. The zero-order chi connectivity index (χ0) is 17.9. The van der Waals surface area contributed by atoms with Crippen molar-refractivity contribution in [2.45, 2.75) is 4.90 Å². The number of benzene rings is 2. The van der Waals surface area contributed by atoms with Gasteiger partial charge in [0, 0.05) is 5.69 Å². The average Bonchev–Trinajstić information content (AvgIpc) is 3.10. The summed E-state index contributed by atoms with van der Waals surface area (Å²) in [6.07, 6.45) is 2.80. The van der Waals surface area contributed by atoms with Crippen molar-refractivity contribution in [3.63, 3.8) is 0 Å². The Morgan fingerprint density at radius 3 is 2.44 bits per heavy atom. The molecule has 0 fully saturated rings. The fourth-order valence-electron chi connectivity index (χ4n) is 2.15. The van der Waals surface area contributed by atoms with Crippen molar-refractivity contribution in [1.82, 2.24) is 19.8 Å². The molecule has 0 saturated heterocycles. The van der Waals surface area contributed by atoms with Gasteiger partial charge in [0.1, 0.15) is 10.6 Å². The summed E-state index contributed by atoms with van der Waals surface area (Å²) >= 11 is 5.88. The number of nitrogens with one attached hydrogen (secondary N) is 2. The van der Waals surface area contributed by atoms with Gasteiger partial charge in [-0.25, -0.2) is 13.4 Å². The lowest BCUT2D eigenvalue weighted by Crippen LogP contribution is -2.42. The fraction of sp³-hybridized carbons (Fsp3) is 0. The van der Waals surface area contributed by atoms with Gasteiger partial charge in [-0.15, -0.1) is 4.83 Å². The van der Waals surface area contributed by atoms with Crippen LogP contribution in [0.15, 0.2) is 72.0 Å². The number of carbonyl (C=O) groups excluding carboxylic acids is 1. The van der Waals surface area contributed by atoms with Crippen LogP contribution >= 0.6 is 11.6 Å². The van der Waals surface area contributed by atoms with Crippen molar-refractivity contribution in [2.75, 3.05) is 0 Å². The zero-order valence-corrected chi connectivity index (χ0v) is 14.3. The summed E-state index contributed by atoms with van der Waals surface area (Å²) in [5.74, 6) is -0.656. The van der Waals surface area contributed by atoms with E-state index in [0.717, 1.165) is 5.69 Å². The molecule has 2 aromatic carbocycles. The molecule has 1 heterocycles. The molecule has 3 aromatic rings. The first-order valence-electron chi connectivity index (χ1n) is 7.13. The van der Waals surface area contributed by atoms with Crippen molar-refractivity contribution < 1.29 is 13.2 Å². The number of para-hydroxylation sites is 1. The van der Waals surface area contributed by atoms with E-state index >= 15 is 0 Å². The first-order valence-corrected chi connectivity index (χ1v) is 8.99. The Balaban J connectivity index is 1.79. The molecular formula is C16H13ClN4O3S.